The summed E-state index contributed by atoms with van der Waals surface area (Å²) < 4.78 is 0. The lowest BCUT2D eigenvalue weighted by Gasteiger charge is -2.01. The first-order valence-corrected chi connectivity index (χ1v) is 1.83. The van der Waals surface area contributed by atoms with Gasteiger partial charge in [0.1, 0.15) is 0 Å². The van der Waals surface area contributed by atoms with Gasteiger partial charge in [-0.2, -0.15) is 5.26 Å². The number of nitriles is 1. The molecular weight excluding hydrogens is 108 g/mol. The van der Waals surface area contributed by atoms with Crippen LogP contribution in [0.4, 0.5) is 0 Å². The molecule has 0 fully saturated rings. The second kappa shape index (κ2) is 2.69. The van der Waals surface area contributed by atoms with Crippen molar-refractivity contribution in [3.05, 3.63) is 0 Å². The summed E-state index contributed by atoms with van der Waals surface area (Å²) in [6.07, 6.45) is 1.63. The van der Waals surface area contributed by atoms with E-state index in [2.05, 4.69) is 5.16 Å². The standard InChI is InChI=1S/C3H6N4O/c1-7(2-4)3(5)6-8/h8H,1H3,(H2,5,6). The van der Waals surface area contributed by atoms with Gasteiger partial charge in [0.2, 0.25) is 5.96 Å². The van der Waals surface area contributed by atoms with Crippen LogP contribution in [0.2, 0.25) is 0 Å². The number of nitrogens with zero attached hydrogens (tertiary/aromatic N) is 3. The maximum absolute atomic E-state index is 8.04. The summed E-state index contributed by atoms with van der Waals surface area (Å²) in [7, 11) is 1.38. The number of oxime groups is 1. The molecular formula is C3H6N4O. The average Bonchev–Trinajstić information content (AvgIpc) is 1.84. The molecule has 5 nitrogen and oxygen atoms in total. The quantitative estimate of drug-likeness (QED) is 0.107. The van der Waals surface area contributed by atoms with Gasteiger partial charge in [-0.15, -0.1) is 0 Å². The number of hydrogen-bond acceptors (Lipinski definition) is 3. The molecule has 0 rings (SSSR count). The van der Waals surface area contributed by atoms with E-state index in [1.54, 1.807) is 6.19 Å². The Kier molecular flexibility index (Phi) is 2.20. The summed E-state index contributed by atoms with van der Waals surface area (Å²) in [6.45, 7) is 0. The molecule has 0 atom stereocenters. The Morgan fingerprint density at radius 3 is 2.62 bits per heavy atom. The molecule has 0 saturated heterocycles. The van der Waals surface area contributed by atoms with Gasteiger partial charge in [-0.1, -0.05) is 5.16 Å². The predicted molar refractivity (Wildman–Crippen MR) is 26.8 cm³/mol. The first-order chi connectivity index (χ1) is 3.72. The van der Waals surface area contributed by atoms with Crippen molar-refractivity contribution in [3.8, 4) is 6.19 Å². The molecule has 0 aromatic rings. The van der Waals surface area contributed by atoms with Gasteiger partial charge in [-0.3, -0.25) is 0 Å². The zero-order chi connectivity index (χ0) is 6.57. The van der Waals surface area contributed by atoms with Gasteiger partial charge in [0, 0.05) is 7.05 Å². The highest BCUT2D eigenvalue weighted by molar-refractivity contribution is 5.78. The van der Waals surface area contributed by atoms with Crippen molar-refractivity contribution in [1.82, 2.24) is 4.90 Å². The monoisotopic (exact) mass is 114 g/mol. The highest BCUT2D eigenvalue weighted by atomic mass is 16.4. The third-order valence-electron chi connectivity index (χ3n) is 0.596. The van der Waals surface area contributed by atoms with Gasteiger partial charge in [-0.25, -0.2) is 4.90 Å². The molecule has 8 heavy (non-hydrogen) atoms. The zero-order valence-corrected chi connectivity index (χ0v) is 4.37. The first-order valence-electron chi connectivity index (χ1n) is 1.83. The highest BCUT2D eigenvalue weighted by Crippen LogP contribution is 1.73. The molecule has 0 spiro atoms. The third-order valence-corrected chi connectivity index (χ3v) is 0.596. The molecule has 0 aliphatic heterocycles. The fourth-order valence-electron chi connectivity index (χ4n) is 0.118. The van der Waals surface area contributed by atoms with E-state index in [1.165, 1.54) is 7.05 Å². The molecule has 0 amide bonds. The summed E-state index contributed by atoms with van der Waals surface area (Å²) in [5.41, 5.74) is 4.93. The van der Waals surface area contributed by atoms with Gasteiger partial charge in [0.25, 0.3) is 0 Å². The summed E-state index contributed by atoms with van der Waals surface area (Å²) >= 11 is 0. The Morgan fingerprint density at radius 2 is 2.50 bits per heavy atom. The van der Waals surface area contributed by atoms with Gasteiger partial charge in [0.05, 0.1) is 0 Å². The fourth-order valence-corrected chi connectivity index (χ4v) is 0.118. The number of nitrogens with two attached hydrogens (primary N) is 1. The summed E-state index contributed by atoms with van der Waals surface area (Å²) in [6, 6.07) is 0. The zero-order valence-electron chi connectivity index (χ0n) is 4.37. The Balaban J connectivity index is 3.87. The third kappa shape index (κ3) is 1.34. The van der Waals surface area contributed by atoms with E-state index in [0.29, 0.717) is 0 Å². The molecule has 44 valence electrons. The minimum Gasteiger partial charge on any atom is -0.408 e. The lowest BCUT2D eigenvalue weighted by Crippen LogP contribution is -2.29. The number of hydrogen-bond donors (Lipinski definition) is 2. The van der Waals surface area contributed by atoms with Crippen LogP contribution < -0.4 is 5.73 Å². The maximum Gasteiger partial charge on any atom is 0.246 e. The largest absolute Gasteiger partial charge is 0.408 e. The Bertz CT molecular complexity index is 135. The molecule has 0 unspecified atom stereocenters. The molecule has 0 aromatic heterocycles. The lowest BCUT2D eigenvalue weighted by molar-refractivity contribution is 0.311. The van der Waals surface area contributed by atoms with E-state index in [4.69, 9.17) is 16.2 Å². The van der Waals surface area contributed by atoms with Crippen molar-refractivity contribution < 1.29 is 5.21 Å². The molecule has 3 N–H and O–H groups in total. The fraction of sp³-hybridized carbons (Fsp3) is 0.333. The van der Waals surface area contributed by atoms with Crippen LogP contribution in [0.25, 0.3) is 0 Å². The van der Waals surface area contributed by atoms with Crippen LogP contribution >= 0.6 is 0 Å². The Morgan fingerprint density at radius 1 is 2.00 bits per heavy atom. The van der Waals surface area contributed by atoms with Crippen molar-refractivity contribution in [1.29, 1.82) is 5.26 Å². The Hall–Kier alpha value is -1.44. The van der Waals surface area contributed by atoms with Crippen LogP contribution in [0.1, 0.15) is 0 Å². The van der Waals surface area contributed by atoms with Crippen molar-refractivity contribution in [2.45, 2.75) is 0 Å². The van der Waals surface area contributed by atoms with E-state index in [-0.39, 0.29) is 5.96 Å². The first kappa shape index (κ1) is 6.56. The van der Waals surface area contributed by atoms with Gasteiger partial charge >= 0.3 is 0 Å². The molecule has 0 bridgehead atoms. The van der Waals surface area contributed by atoms with Crippen LogP contribution in [-0.4, -0.2) is 23.1 Å². The molecule has 0 radical (unpaired) electrons. The van der Waals surface area contributed by atoms with Crippen molar-refractivity contribution in [3.63, 3.8) is 0 Å². The molecule has 0 aliphatic rings. The average molecular weight is 114 g/mol. The SMILES string of the molecule is CN(C#N)C(N)=NO. The minimum absolute atomic E-state index is 0.215. The van der Waals surface area contributed by atoms with Crippen molar-refractivity contribution in [2.24, 2.45) is 10.9 Å². The Labute approximate surface area is 46.6 Å². The van der Waals surface area contributed by atoms with Gasteiger partial charge in [-0.05, 0) is 0 Å². The van der Waals surface area contributed by atoms with Crippen molar-refractivity contribution in [2.75, 3.05) is 7.05 Å². The van der Waals surface area contributed by atoms with Crippen molar-refractivity contribution >= 4 is 5.96 Å². The van der Waals surface area contributed by atoms with Crippen LogP contribution in [-0.2, 0) is 0 Å². The molecule has 0 aliphatic carbocycles. The summed E-state index contributed by atoms with van der Waals surface area (Å²) in [5.74, 6) is -0.215. The van der Waals surface area contributed by atoms with E-state index in [9.17, 15) is 0 Å². The highest BCUT2D eigenvalue weighted by Gasteiger charge is 1.95. The normalized spacial score (nSPS) is 10.2. The van der Waals surface area contributed by atoms with E-state index in [1.807, 2.05) is 0 Å². The second-order valence-electron chi connectivity index (χ2n) is 1.12. The molecule has 0 heterocycles. The molecule has 0 aromatic carbocycles. The molecule has 0 saturated carbocycles. The number of guanidine groups is 1. The van der Waals surface area contributed by atoms with Crippen LogP contribution in [0, 0.1) is 11.5 Å². The molecule has 5 heteroatoms. The minimum atomic E-state index is -0.215. The topological polar surface area (TPSA) is 85.6 Å². The summed E-state index contributed by atoms with van der Waals surface area (Å²) in [4.78, 5) is 0.931. The smallest absolute Gasteiger partial charge is 0.246 e. The van der Waals surface area contributed by atoms with Crippen LogP contribution in [0.3, 0.4) is 0 Å². The second-order valence-corrected chi connectivity index (χ2v) is 1.12. The summed E-state index contributed by atoms with van der Waals surface area (Å²) in [5, 5.41) is 18.5. The van der Waals surface area contributed by atoms with Crippen LogP contribution in [0.15, 0.2) is 5.16 Å². The van der Waals surface area contributed by atoms with Gasteiger partial charge < -0.3 is 10.9 Å². The van der Waals surface area contributed by atoms with E-state index < -0.39 is 0 Å². The van der Waals surface area contributed by atoms with E-state index >= 15 is 0 Å². The van der Waals surface area contributed by atoms with Gasteiger partial charge in [0.15, 0.2) is 6.19 Å². The maximum atomic E-state index is 8.04. The van der Waals surface area contributed by atoms with E-state index in [0.717, 1.165) is 4.90 Å². The van der Waals surface area contributed by atoms with Crippen LogP contribution in [0.5, 0.6) is 0 Å². The lowest BCUT2D eigenvalue weighted by atomic mass is 10.8. The number of rotatable bonds is 0. The predicted octanol–water partition coefficient (Wildman–Crippen LogP) is -0.897.